The Hall–Kier alpha value is -2.67. The number of aryl methyl sites for hydroxylation is 2. The van der Waals surface area contributed by atoms with Crippen LogP contribution in [0.5, 0.6) is 0 Å². The maximum Gasteiger partial charge on any atom is 0.336 e. The zero-order chi connectivity index (χ0) is 21.4. The third-order valence-electron chi connectivity index (χ3n) is 6.31. The summed E-state index contributed by atoms with van der Waals surface area (Å²) in [7, 11) is 1.83. The van der Waals surface area contributed by atoms with Crippen LogP contribution in [0.1, 0.15) is 43.2 Å². The van der Waals surface area contributed by atoms with E-state index in [0.29, 0.717) is 15.9 Å². The first kappa shape index (κ1) is 20.6. The molecule has 1 saturated carbocycles. The van der Waals surface area contributed by atoms with Crippen LogP contribution in [0.2, 0.25) is 0 Å². The Labute approximate surface area is 179 Å². The second kappa shape index (κ2) is 8.22. The van der Waals surface area contributed by atoms with Crippen molar-refractivity contribution in [1.82, 2.24) is 14.0 Å². The summed E-state index contributed by atoms with van der Waals surface area (Å²) in [4.78, 5) is 41.3. The van der Waals surface area contributed by atoms with Gasteiger partial charge in [0.15, 0.2) is 0 Å². The Kier molecular flexibility index (Phi) is 5.64. The van der Waals surface area contributed by atoms with E-state index in [2.05, 4.69) is 0 Å². The van der Waals surface area contributed by atoms with Gasteiger partial charge in [-0.3, -0.25) is 14.2 Å². The van der Waals surface area contributed by atoms with Crippen molar-refractivity contribution in [3.63, 3.8) is 0 Å². The highest BCUT2D eigenvalue weighted by molar-refractivity contribution is 7.17. The van der Waals surface area contributed by atoms with E-state index in [-0.39, 0.29) is 24.1 Å². The van der Waals surface area contributed by atoms with E-state index in [9.17, 15) is 14.4 Å². The number of amides is 1. The first-order valence-corrected chi connectivity index (χ1v) is 11.3. The third kappa shape index (κ3) is 3.62. The summed E-state index contributed by atoms with van der Waals surface area (Å²) in [6, 6.07) is 7.51. The molecule has 2 aromatic heterocycles. The molecule has 0 unspecified atom stereocenters. The molecule has 1 amide bonds. The first-order valence-electron chi connectivity index (χ1n) is 10.4. The van der Waals surface area contributed by atoms with Gasteiger partial charge in [0.2, 0.25) is 5.91 Å². The fourth-order valence-electron chi connectivity index (χ4n) is 4.25. The Bertz CT molecular complexity index is 1210. The molecule has 30 heavy (non-hydrogen) atoms. The van der Waals surface area contributed by atoms with Gasteiger partial charge in [0.1, 0.15) is 11.2 Å². The van der Waals surface area contributed by atoms with E-state index in [0.717, 1.165) is 36.8 Å². The number of carbonyl (C=O) groups is 1. The topological polar surface area (TPSA) is 64.3 Å². The Morgan fingerprint density at radius 3 is 2.53 bits per heavy atom. The van der Waals surface area contributed by atoms with Crippen molar-refractivity contribution in [2.24, 2.45) is 0 Å². The molecule has 7 heteroatoms. The molecule has 0 N–H and O–H groups in total. The van der Waals surface area contributed by atoms with Crippen molar-refractivity contribution >= 4 is 27.5 Å². The normalized spacial score (nSPS) is 14.9. The van der Waals surface area contributed by atoms with E-state index in [1.807, 2.05) is 33.0 Å². The number of nitrogens with zero attached hydrogens (tertiary/aromatic N) is 3. The molecule has 1 aliphatic carbocycles. The SMILES string of the molecule is Cc1ccc(-n2c(=O)c3sccc3n(CC(=O)N(C)C3CCCCC3)c2=O)cc1C. The molecule has 0 bridgehead atoms. The van der Waals surface area contributed by atoms with E-state index < -0.39 is 5.69 Å². The lowest BCUT2D eigenvalue weighted by Crippen LogP contribution is -2.44. The maximum absolute atomic E-state index is 13.4. The van der Waals surface area contributed by atoms with E-state index in [1.165, 1.54) is 26.9 Å². The number of hydrogen-bond acceptors (Lipinski definition) is 4. The molecule has 0 saturated heterocycles. The quantitative estimate of drug-likeness (QED) is 0.641. The van der Waals surface area contributed by atoms with Crippen molar-refractivity contribution in [3.05, 3.63) is 61.6 Å². The lowest BCUT2D eigenvalue weighted by molar-refractivity contribution is -0.133. The van der Waals surface area contributed by atoms with E-state index in [4.69, 9.17) is 0 Å². The van der Waals surface area contributed by atoms with Crippen LogP contribution >= 0.6 is 11.3 Å². The first-order chi connectivity index (χ1) is 14.4. The minimum atomic E-state index is -0.473. The van der Waals surface area contributed by atoms with E-state index >= 15 is 0 Å². The second-order valence-electron chi connectivity index (χ2n) is 8.21. The summed E-state index contributed by atoms with van der Waals surface area (Å²) in [5, 5.41) is 1.79. The predicted octanol–water partition coefficient (Wildman–Crippen LogP) is 3.62. The number of benzene rings is 1. The van der Waals surface area contributed by atoms with Gasteiger partial charge >= 0.3 is 5.69 Å². The highest BCUT2D eigenvalue weighted by Crippen LogP contribution is 2.22. The lowest BCUT2D eigenvalue weighted by Gasteiger charge is -2.31. The van der Waals surface area contributed by atoms with Crippen LogP contribution < -0.4 is 11.2 Å². The van der Waals surface area contributed by atoms with Gasteiger partial charge in [0.25, 0.3) is 5.56 Å². The Morgan fingerprint density at radius 1 is 1.10 bits per heavy atom. The summed E-state index contributed by atoms with van der Waals surface area (Å²) < 4.78 is 3.13. The second-order valence-corrected chi connectivity index (χ2v) is 9.13. The molecule has 3 aromatic rings. The summed E-state index contributed by atoms with van der Waals surface area (Å²) in [5.41, 5.74) is 2.35. The van der Waals surface area contributed by atoms with Gasteiger partial charge in [0.05, 0.1) is 11.2 Å². The van der Waals surface area contributed by atoms with Gasteiger partial charge in [-0.15, -0.1) is 11.3 Å². The van der Waals surface area contributed by atoms with Crippen molar-refractivity contribution in [2.75, 3.05) is 7.05 Å². The molecule has 0 radical (unpaired) electrons. The zero-order valence-electron chi connectivity index (χ0n) is 17.7. The number of fused-ring (bicyclic) bond motifs is 1. The van der Waals surface area contributed by atoms with Gasteiger partial charge in [-0.05, 0) is 61.4 Å². The van der Waals surface area contributed by atoms with Gasteiger partial charge in [-0.25, -0.2) is 9.36 Å². The number of hydrogen-bond donors (Lipinski definition) is 0. The van der Waals surface area contributed by atoms with Gasteiger partial charge in [0, 0.05) is 13.1 Å². The summed E-state index contributed by atoms with van der Waals surface area (Å²) in [6.45, 7) is 3.88. The number of carbonyl (C=O) groups excluding carboxylic acids is 1. The fourth-order valence-corrected chi connectivity index (χ4v) is 5.08. The molecule has 1 aliphatic rings. The minimum absolute atomic E-state index is 0.0653. The standard InChI is InChI=1S/C23H27N3O3S/c1-15-9-10-18(13-16(15)2)26-22(28)21-19(11-12-30-21)25(23(26)29)14-20(27)24(3)17-7-5-4-6-8-17/h9-13,17H,4-8,14H2,1-3H3. The molecular formula is C23H27N3O3S. The van der Waals surface area contributed by atoms with Gasteiger partial charge in [-0.1, -0.05) is 25.3 Å². The number of likely N-dealkylation sites (N-methyl/N-ethyl adjacent to an activating group) is 1. The number of rotatable bonds is 4. The molecule has 1 fully saturated rings. The summed E-state index contributed by atoms with van der Waals surface area (Å²) >= 11 is 1.30. The Balaban J connectivity index is 1.79. The van der Waals surface area contributed by atoms with Crippen molar-refractivity contribution < 1.29 is 4.79 Å². The molecule has 158 valence electrons. The van der Waals surface area contributed by atoms with Crippen molar-refractivity contribution in [1.29, 1.82) is 0 Å². The number of thiophene rings is 1. The highest BCUT2D eigenvalue weighted by Gasteiger charge is 2.24. The average molecular weight is 426 g/mol. The number of aromatic nitrogens is 2. The molecule has 0 spiro atoms. The molecule has 4 rings (SSSR count). The van der Waals surface area contributed by atoms with Crippen molar-refractivity contribution in [2.45, 2.75) is 58.5 Å². The molecule has 2 heterocycles. The maximum atomic E-state index is 13.4. The summed E-state index contributed by atoms with van der Waals surface area (Å²) in [6.07, 6.45) is 5.50. The highest BCUT2D eigenvalue weighted by atomic mass is 32.1. The average Bonchev–Trinajstić information content (AvgIpc) is 3.24. The molecule has 0 aliphatic heterocycles. The largest absolute Gasteiger partial charge is 0.341 e. The monoisotopic (exact) mass is 425 g/mol. The third-order valence-corrected chi connectivity index (χ3v) is 7.20. The van der Waals surface area contributed by atoms with Crippen LogP contribution in [-0.2, 0) is 11.3 Å². The summed E-state index contributed by atoms with van der Waals surface area (Å²) in [5.74, 6) is -0.0956. The van der Waals surface area contributed by atoms with Crippen LogP contribution in [-0.4, -0.2) is 33.0 Å². The van der Waals surface area contributed by atoms with Crippen LogP contribution in [0.15, 0.2) is 39.2 Å². The Morgan fingerprint density at radius 2 is 1.83 bits per heavy atom. The smallest absolute Gasteiger partial charge is 0.336 e. The van der Waals surface area contributed by atoms with Crippen LogP contribution in [0.4, 0.5) is 0 Å². The molecule has 1 aromatic carbocycles. The predicted molar refractivity (Wildman–Crippen MR) is 121 cm³/mol. The van der Waals surface area contributed by atoms with Gasteiger partial charge in [-0.2, -0.15) is 0 Å². The molecular weight excluding hydrogens is 398 g/mol. The van der Waals surface area contributed by atoms with Crippen LogP contribution in [0.25, 0.3) is 15.9 Å². The van der Waals surface area contributed by atoms with Crippen LogP contribution in [0.3, 0.4) is 0 Å². The van der Waals surface area contributed by atoms with Crippen LogP contribution in [0, 0.1) is 13.8 Å². The van der Waals surface area contributed by atoms with Gasteiger partial charge < -0.3 is 4.90 Å². The minimum Gasteiger partial charge on any atom is -0.341 e. The van der Waals surface area contributed by atoms with E-state index in [1.54, 1.807) is 22.4 Å². The zero-order valence-corrected chi connectivity index (χ0v) is 18.5. The van der Waals surface area contributed by atoms with Crippen molar-refractivity contribution in [3.8, 4) is 5.69 Å². The molecule has 0 atom stereocenters. The molecule has 6 nitrogen and oxygen atoms in total. The lowest BCUT2D eigenvalue weighted by atomic mass is 9.94. The fraction of sp³-hybridized carbons (Fsp3) is 0.435.